The molecule has 4 rings (SSSR count). The Morgan fingerprint density at radius 1 is 0.795 bits per heavy atom. The predicted octanol–water partition coefficient (Wildman–Crippen LogP) is 8.98. The SMILES string of the molecule is CCCCCCCCn1c(/C=C(/C#N)C(=O)O)ccc1-c1ccc(N(c2ccccc2)c2ccccc2)cc1. The number of aliphatic carboxylic acids is 1. The van der Waals surface area contributed by atoms with Gasteiger partial charge in [0.05, 0.1) is 0 Å². The fourth-order valence-electron chi connectivity index (χ4n) is 4.83. The molecule has 0 amide bonds. The van der Waals surface area contributed by atoms with Crippen molar-refractivity contribution in [2.75, 3.05) is 4.90 Å². The van der Waals surface area contributed by atoms with Crippen molar-refractivity contribution in [2.45, 2.75) is 52.0 Å². The molecule has 1 N–H and O–H groups in total. The first-order chi connectivity index (χ1) is 19.1. The summed E-state index contributed by atoms with van der Waals surface area (Å²) in [6, 6.07) is 34.8. The summed E-state index contributed by atoms with van der Waals surface area (Å²) in [7, 11) is 0. The highest BCUT2D eigenvalue weighted by Crippen LogP contribution is 2.35. The molecule has 0 spiro atoms. The van der Waals surface area contributed by atoms with Crippen LogP contribution in [0.2, 0.25) is 0 Å². The van der Waals surface area contributed by atoms with Crippen LogP contribution in [-0.2, 0) is 11.3 Å². The molecular weight excluding hydrogens is 482 g/mol. The summed E-state index contributed by atoms with van der Waals surface area (Å²) in [5, 5.41) is 18.7. The number of carboxylic acid groups (broad SMARTS) is 1. The Bertz CT molecular complexity index is 1380. The smallest absolute Gasteiger partial charge is 0.346 e. The first-order valence-electron chi connectivity index (χ1n) is 13.7. The van der Waals surface area contributed by atoms with Crippen LogP contribution in [0.3, 0.4) is 0 Å². The summed E-state index contributed by atoms with van der Waals surface area (Å²) in [5.41, 5.74) is 5.72. The molecule has 5 heteroatoms. The zero-order chi connectivity index (χ0) is 27.5. The molecule has 1 aromatic heterocycles. The molecule has 1 heterocycles. The standard InChI is InChI=1S/C34H35N3O2/c1-2-3-4-5-6-13-24-36-32(25-28(26-35)34(38)39)22-23-33(36)27-18-20-31(21-19-27)37(29-14-9-7-10-15-29)30-16-11-8-12-17-30/h7-12,14-23,25H,2-6,13,24H2,1H3,(H,38,39)/b28-25-. The van der Waals surface area contributed by atoms with E-state index in [2.05, 4.69) is 64.9 Å². The summed E-state index contributed by atoms with van der Waals surface area (Å²) < 4.78 is 2.14. The third-order valence-electron chi connectivity index (χ3n) is 6.84. The van der Waals surface area contributed by atoms with Gasteiger partial charge in [0, 0.05) is 35.0 Å². The van der Waals surface area contributed by atoms with Crippen LogP contribution < -0.4 is 4.90 Å². The van der Waals surface area contributed by atoms with Gasteiger partial charge in [-0.25, -0.2) is 4.79 Å². The second-order valence-corrected chi connectivity index (χ2v) is 9.59. The molecule has 5 nitrogen and oxygen atoms in total. The average Bonchev–Trinajstić information content (AvgIpc) is 3.37. The molecule has 0 radical (unpaired) electrons. The van der Waals surface area contributed by atoms with E-state index >= 15 is 0 Å². The molecule has 39 heavy (non-hydrogen) atoms. The Kier molecular flexibility index (Phi) is 9.74. The number of nitriles is 1. The molecule has 198 valence electrons. The molecule has 0 atom stereocenters. The second kappa shape index (κ2) is 13.8. The monoisotopic (exact) mass is 517 g/mol. The van der Waals surface area contributed by atoms with Crippen LogP contribution in [0, 0.1) is 11.3 Å². The van der Waals surface area contributed by atoms with Crippen molar-refractivity contribution >= 4 is 29.1 Å². The minimum atomic E-state index is -1.21. The maximum absolute atomic E-state index is 11.5. The van der Waals surface area contributed by atoms with Gasteiger partial charge in [-0.2, -0.15) is 5.26 Å². The van der Waals surface area contributed by atoms with Gasteiger partial charge in [-0.15, -0.1) is 0 Å². The van der Waals surface area contributed by atoms with Crippen molar-refractivity contribution in [1.82, 2.24) is 4.57 Å². The quantitative estimate of drug-likeness (QED) is 0.109. The predicted molar refractivity (Wildman–Crippen MR) is 159 cm³/mol. The topological polar surface area (TPSA) is 69.3 Å². The van der Waals surface area contributed by atoms with Crippen LogP contribution in [0.15, 0.2) is 103 Å². The van der Waals surface area contributed by atoms with E-state index in [9.17, 15) is 15.2 Å². The number of benzene rings is 3. The van der Waals surface area contributed by atoms with Crippen molar-refractivity contribution in [3.8, 4) is 17.3 Å². The van der Waals surface area contributed by atoms with E-state index in [-0.39, 0.29) is 5.57 Å². The Morgan fingerprint density at radius 2 is 1.36 bits per heavy atom. The minimum absolute atomic E-state index is 0.263. The van der Waals surface area contributed by atoms with Crippen molar-refractivity contribution < 1.29 is 9.90 Å². The van der Waals surface area contributed by atoms with Gasteiger partial charge in [0.15, 0.2) is 0 Å². The van der Waals surface area contributed by atoms with Crippen LogP contribution >= 0.6 is 0 Å². The van der Waals surface area contributed by atoms with E-state index in [1.807, 2.05) is 54.6 Å². The highest BCUT2D eigenvalue weighted by atomic mass is 16.4. The maximum Gasteiger partial charge on any atom is 0.346 e. The molecule has 4 aromatic rings. The van der Waals surface area contributed by atoms with Gasteiger partial charge in [-0.1, -0.05) is 87.6 Å². The number of unbranched alkanes of at least 4 members (excludes halogenated alkanes) is 5. The Labute approximate surface area is 231 Å². The molecular formula is C34H35N3O2. The highest BCUT2D eigenvalue weighted by Gasteiger charge is 2.15. The number of carboxylic acids is 1. The van der Waals surface area contributed by atoms with Gasteiger partial charge < -0.3 is 14.6 Å². The fourth-order valence-corrected chi connectivity index (χ4v) is 4.83. The van der Waals surface area contributed by atoms with E-state index in [1.165, 1.54) is 31.8 Å². The van der Waals surface area contributed by atoms with Gasteiger partial charge in [-0.3, -0.25) is 0 Å². The van der Waals surface area contributed by atoms with Crippen molar-refractivity contribution in [1.29, 1.82) is 5.26 Å². The van der Waals surface area contributed by atoms with Crippen molar-refractivity contribution in [2.24, 2.45) is 0 Å². The van der Waals surface area contributed by atoms with E-state index in [0.29, 0.717) is 0 Å². The fraction of sp³-hybridized carbons (Fsp3) is 0.235. The lowest BCUT2D eigenvalue weighted by atomic mass is 10.1. The number of aromatic nitrogens is 1. The Hall–Kier alpha value is -4.56. The van der Waals surface area contributed by atoms with E-state index in [4.69, 9.17) is 0 Å². The van der Waals surface area contributed by atoms with Gasteiger partial charge in [-0.05, 0) is 66.6 Å². The van der Waals surface area contributed by atoms with Gasteiger partial charge >= 0.3 is 5.97 Å². The number of anilines is 3. The van der Waals surface area contributed by atoms with Crippen LogP contribution in [-0.4, -0.2) is 15.6 Å². The lowest BCUT2D eigenvalue weighted by Crippen LogP contribution is -2.09. The lowest BCUT2D eigenvalue weighted by Gasteiger charge is -2.25. The van der Waals surface area contributed by atoms with Crippen LogP contribution in [0.4, 0.5) is 17.1 Å². The number of hydrogen-bond donors (Lipinski definition) is 1. The van der Waals surface area contributed by atoms with E-state index in [0.717, 1.165) is 53.4 Å². The largest absolute Gasteiger partial charge is 0.477 e. The maximum atomic E-state index is 11.5. The molecule has 0 aliphatic carbocycles. The Morgan fingerprint density at radius 3 is 1.92 bits per heavy atom. The zero-order valence-corrected chi connectivity index (χ0v) is 22.5. The number of carbonyl (C=O) groups is 1. The minimum Gasteiger partial charge on any atom is -0.477 e. The first-order valence-corrected chi connectivity index (χ1v) is 13.7. The molecule has 3 aromatic carbocycles. The number of para-hydroxylation sites is 2. The summed E-state index contributed by atoms with van der Waals surface area (Å²) in [6.07, 6.45) is 8.48. The molecule has 0 bridgehead atoms. The third-order valence-corrected chi connectivity index (χ3v) is 6.84. The number of nitrogens with zero attached hydrogens (tertiary/aromatic N) is 3. The second-order valence-electron chi connectivity index (χ2n) is 9.59. The first kappa shape index (κ1) is 27.5. The zero-order valence-electron chi connectivity index (χ0n) is 22.5. The van der Waals surface area contributed by atoms with Crippen LogP contribution in [0.25, 0.3) is 17.3 Å². The van der Waals surface area contributed by atoms with E-state index in [1.54, 1.807) is 0 Å². The molecule has 0 saturated carbocycles. The highest BCUT2D eigenvalue weighted by molar-refractivity contribution is 5.96. The molecule has 0 saturated heterocycles. The summed E-state index contributed by atoms with van der Waals surface area (Å²) in [6.45, 7) is 2.98. The van der Waals surface area contributed by atoms with Crippen molar-refractivity contribution in [3.63, 3.8) is 0 Å². The lowest BCUT2D eigenvalue weighted by molar-refractivity contribution is -0.132. The molecule has 0 fully saturated rings. The summed E-state index contributed by atoms with van der Waals surface area (Å²) in [5.74, 6) is -1.21. The molecule has 0 unspecified atom stereocenters. The van der Waals surface area contributed by atoms with Gasteiger partial charge in [0.25, 0.3) is 0 Å². The average molecular weight is 518 g/mol. The molecule has 0 aliphatic rings. The van der Waals surface area contributed by atoms with Crippen molar-refractivity contribution in [3.05, 3.63) is 108 Å². The Balaban J connectivity index is 1.66. The summed E-state index contributed by atoms with van der Waals surface area (Å²) in [4.78, 5) is 13.7. The van der Waals surface area contributed by atoms with Crippen LogP contribution in [0.5, 0.6) is 0 Å². The normalized spacial score (nSPS) is 11.2. The van der Waals surface area contributed by atoms with Crippen LogP contribution in [0.1, 0.15) is 51.1 Å². The third kappa shape index (κ3) is 7.06. The van der Waals surface area contributed by atoms with Gasteiger partial charge in [0.1, 0.15) is 11.6 Å². The van der Waals surface area contributed by atoms with E-state index < -0.39 is 5.97 Å². The number of hydrogen-bond acceptors (Lipinski definition) is 3. The summed E-state index contributed by atoms with van der Waals surface area (Å²) >= 11 is 0. The number of rotatable bonds is 13. The van der Waals surface area contributed by atoms with Gasteiger partial charge in [0.2, 0.25) is 0 Å². The molecule has 0 aliphatic heterocycles.